The van der Waals surface area contributed by atoms with Crippen LogP contribution >= 0.6 is 0 Å². The standard InChI is InChI=1S/C17H29NO4/c1-16(2,3)22-15(21)18-11-17(14(19)20,10-13-6-7-13)9-8-12-4-5-12/h12-13H,4-11H2,1-3H3,(H,18,21)(H,19,20). The second-order valence-electron chi connectivity index (χ2n) is 8.07. The third-order valence-electron chi connectivity index (χ3n) is 4.53. The molecule has 5 nitrogen and oxygen atoms in total. The number of carbonyl (C=O) groups excluding carboxylic acids is 1. The van der Waals surface area contributed by atoms with Gasteiger partial charge in [0.1, 0.15) is 5.60 Å². The van der Waals surface area contributed by atoms with Gasteiger partial charge >= 0.3 is 12.1 Å². The Morgan fingerprint density at radius 1 is 1.14 bits per heavy atom. The fourth-order valence-electron chi connectivity index (χ4n) is 2.85. The molecule has 0 aromatic heterocycles. The summed E-state index contributed by atoms with van der Waals surface area (Å²) in [5.41, 5.74) is -1.40. The Labute approximate surface area is 132 Å². The number of alkyl carbamates (subject to hydrolysis) is 1. The number of hydrogen-bond donors (Lipinski definition) is 2. The van der Waals surface area contributed by atoms with Gasteiger partial charge in [0.2, 0.25) is 0 Å². The van der Waals surface area contributed by atoms with E-state index in [1.54, 1.807) is 20.8 Å². The van der Waals surface area contributed by atoms with Crippen LogP contribution in [0.4, 0.5) is 4.79 Å². The van der Waals surface area contributed by atoms with Gasteiger partial charge in [0.05, 0.1) is 5.41 Å². The van der Waals surface area contributed by atoms with E-state index in [9.17, 15) is 14.7 Å². The molecular formula is C17H29NO4. The summed E-state index contributed by atoms with van der Waals surface area (Å²) in [6, 6.07) is 0. The van der Waals surface area contributed by atoms with E-state index in [4.69, 9.17) is 4.74 Å². The van der Waals surface area contributed by atoms with Crippen molar-refractivity contribution in [2.45, 2.75) is 71.3 Å². The van der Waals surface area contributed by atoms with E-state index in [2.05, 4.69) is 5.32 Å². The van der Waals surface area contributed by atoms with Crippen LogP contribution in [0, 0.1) is 17.3 Å². The second-order valence-corrected chi connectivity index (χ2v) is 8.07. The highest BCUT2D eigenvalue weighted by atomic mass is 16.6. The highest BCUT2D eigenvalue weighted by Gasteiger charge is 2.44. The Morgan fingerprint density at radius 2 is 1.73 bits per heavy atom. The first kappa shape index (κ1) is 17.1. The van der Waals surface area contributed by atoms with E-state index in [0.717, 1.165) is 19.3 Å². The third-order valence-corrected chi connectivity index (χ3v) is 4.53. The molecule has 0 bridgehead atoms. The number of nitrogens with one attached hydrogen (secondary N) is 1. The molecule has 22 heavy (non-hydrogen) atoms. The topological polar surface area (TPSA) is 75.6 Å². The molecule has 0 aromatic carbocycles. The summed E-state index contributed by atoms with van der Waals surface area (Å²) < 4.78 is 5.23. The number of amides is 1. The Bertz CT molecular complexity index is 421. The van der Waals surface area contributed by atoms with Crippen LogP contribution in [0.5, 0.6) is 0 Å². The first-order valence-electron chi connectivity index (χ1n) is 8.40. The number of carboxylic acid groups (broad SMARTS) is 1. The molecule has 2 aliphatic carbocycles. The highest BCUT2D eigenvalue weighted by Crippen LogP contribution is 2.45. The predicted molar refractivity (Wildman–Crippen MR) is 83.6 cm³/mol. The summed E-state index contributed by atoms with van der Waals surface area (Å²) in [7, 11) is 0. The minimum atomic E-state index is -0.833. The van der Waals surface area contributed by atoms with Gasteiger partial charge < -0.3 is 15.2 Å². The zero-order valence-electron chi connectivity index (χ0n) is 14.0. The Balaban J connectivity index is 1.94. The van der Waals surface area contributed by atoms with Crippen LogP contribution in [0.25, 0.3) is 0 Å². The molecule has 0 heterocycles. The monoisotopic (exact) mass is 311 g/mol. The minimum Gasteiger partial charge on any atom is -0.481 e. The summed E-state index contributed by atoms with van der Waals surface area (Å²) >= 11 is 0. The molecule has 0 aliphatic heterocycles. The van der Waals surface area contributed by atoms with Gasteiger partial charge in [-0.3, -0.25) is 4.79 Å². The van der Waals surface area contributed by atoms with Crippen molar-refractivity contribution in [3.8, 4) is 0 Å². The Morgan fingerprint density at radius 3 is 2.18 bits per heavy atom. The predicted octanol–water partition coefficient (Wildman–Crippen LogP) is 3.57. The maximum atomic E-state index is 11.9. The molecule has 2 N–H and O–H groups in total. The van der Waals surface area contributed by atoms with Gasteiger partial charge in [0, 0.05) is 6.54 Å². The lowest BCUT2D eigenvalue weighted by Gasteiger charge is -2.30. The summed E-state index contributed by atoms with van der Waals surface area (Å²) in [5, 5.41) is 12.5. The van der Waals surface area contributed by atoms with Crippen LogP contribution in [0.3, 0.4) is 0 Å². The summed E-state index contributed by atoms with van der Waals surface area (Å²) in [5.74, 6) is 0.423. The van der Waals surface area contributed by atoms with E-state index >= 15 is 0 Å². The Kier molecular flexibility index (Phi) is 5.03. The van der Waals surface area contributed by atoms with Crippen LogP contribution in [0.15, 0.2) is 0 Å². The normalized spacial score (nSPS) is 21.0. The van der Waals surface area contributed by atoms with E-state index in [-0.39, 0.29) is 6.54 Å². The average Bonchev–Trinajstić information content (AvgIpc) is 3.24. The zero-order chi connectivity index (χ0) is 16.4. The molecule has 2 aliphatic rings. The van der Waals surface area contributed by atoms with Crippen molar-refractivity contribution >= 4 is 12.1 Å². The second kappa shape index (κ2) is 6.47. The maximum Gasteiger partial charge on any atom is 0.407 e. The molecule has 1 amide bonds. The van der Waals surface area contributed by atoms with Gasteiger partial charge in [-0.15, -0.1) is 0 Å². The van der Waals surface area contributed by atoms with E-state index in [1.165, 1.54) is 12.8 Å². The number of rotatable bonds is 8. The quantitative estimate of drug-likeness (QED) is 0.718. The van der Waals surface area contributed by atoms with Crippen molar-refractivity contribution in [3.05, 3.63) is 0 Å². The fourth-order valence-corrected chi connectivity index (χ4v) is 2.85. The van der Waals surface area contributed by atoms with Crippen LogP contribution in [0.2, 0.25) is 0 Å². The molecule has 2 rings (SSSR count). The van der Waals surface area contributed by atoms with Crippen molar-refractivity contribution in [2.24, 2.45) is 17.3 Å². The molecule has 1 unspecified atom stereocenters. The molecule has 0 radical (unpaired) electrons. The lowest BCUT2D eigenvalue weighted by molar-refractivity contribution is -0.150. The van der Waals surface area contributed by atoms with Gasteiger partial charge in [0.25, 0.3) is 0 Å². The van der Waals surface area contributed by atoms with Crippen LogP contribution in [-0.4, -0.2) is 29.3 Å². The SMILES string of the molecule is CC(C)(C)OC(=O)NCC(CCC1CC1)(CC1CC1)C(=O)O. The first-order valence-corrected chi connectivity index (χ1v) is 8.40. The van der Waals surface area contributed by atoms with Crippen molar-refractivity contribution in [1.29, 1.82) is 0 Å². The van der Waals surface area contributed by atoms with E-state index < -0.39 is 23.1 Å². The molecule has 2 fully saturated rings. The lowest BCUT2D eigenvalue weighted by Crippen LogP contribution is -2.45. The summed E-state index contributed by atoms with van der Waals surface area (Å²) in [4.78, 5) is 23.8. The molecule has 0 spiro atoms. The van der Waals surface area contributed by atoms with Crippen LogP contribution in [0.1, 0.15) is 65.7 Å². The summed E-state index contributed by atoms with van der Waals surface area (Å²) in [6.45, 7) is 5.57. The van der Waals surface area contributed by atoms with Crippen molar-refractivity contribution in [3.63, 3.8) is 0 Å². The largest absolute Gasteiger partial charge is 0.481 e. The zero-order valence-corrected chi connectivity index (χ0v) is 14.0. The number of aliphatic carboxylic acids is 1. The van der Waals surface area contributed by atoms with Crippen LogP contribution in [-0.2, 0) is 9.53 Å². The number of hydrogen-bond acceptors (Lipinski definition) is 3. The maximum absolute atomic E-state index is 11.9. The molecule has 0 saturated heterocycles. The van der Waals surface area contributed by atoms with Crippen molar-refractivity contribution in [1.82, 2.24) is 5.32 Å². The average molecular weight is 311 g/mol. The van der Waals surface area contributed by atoms with Crippen molar-refractivity contribution < 1.29 is 19.4 Å². The van der Waals surface area contributed by atoms with Gasteiger partial charge in [-0.2, -0.15) is 0 Å². The van der Waals surface area contributed by atoms with Gasteiger partial charge in [-0.1, -0.05) is 25.7 Å². The lowest BCUT2D eigenvalue weighted by atomic mass is 9.77. The van der Waals surface area contributed by atoms with E-state index in [1.807, 2.05) is 0 Å². The fraction of sp³-hybridized carbons (Fsp3) is 0.882. The van der Waals surface area contributed by atoms with Crippen molar-refractivity contribution in [2.75, 3.05) is 6.54 Å². The van der Waals surface area contributed by atoms with Gasteiger partial charge in [-0.05, 0) is 51.9 Å². The molecule has 2 saturated carbocycles. The minimum absolute atomic E-state index is 0.167. The first-order chi connectivity index (χ1) is 10.2. The molecule has 1 atom stereocenters. The third kappa shape index (κ3) is 5.50. The molecular weight excluding hydrogens is 282 g/mol. The Hall–Kier alpha value is -1.26. The highest BCUT2D eigenvalue weighted by molar-refractivity contribution is 5.76. The van der Waals surface area contributed by atoms with Gasteiger partial charge in [-0.25, -0.2) is 4.79 Å². The number of carbonyl (C=O) groups is 2. The van der Waals surface area contributed by atoms with Gasteiger partial charge in [0.15, 0.2) is 0 Å². The van der Waals surface area contributed by atoms with E-state index in [0.29, 0.717) is 24.7 Å². The number of ether oxygens (including phenoxy) is 1. The summed E-state index contributed by atoms with van der Waals surface area (Å²) in [6.07, 6.45) is 6.42. The molecule has 5 heteroatoms. The molecule has 126 valence electrons. The van der Waals surface area contributed by atoms with Crippen LogP contribution < -0.4 is 5.32 Å². The smallest absolute Gasteiger partial charge is 0.407 e. The number of carboxylic acids is 1. The molecule has 0 aromatic rings.